The van der Waals surface area contributed by atoms with Gasteiger partial charge in [-0.05, 0) is 12.3 Å². The van der Waals surface area contributed by atoms with E-state index < -0.39 is 0 Å². The number of methoxy groups -OCH3 is 1. The van der Waals surface area contributed by atoms with Crippen molar-refractivity contribution in [1.82, 2.24) is 15.5 Å². The highest BCUT2D eigenvalue weighted by atomic mass is 32.1. The Morgan fingerprint density at radius 3 is 2.75 bits per heavy atom. The van der Waals surface area contributed by atoms with Crippen molar-refractivity contribution in [3.05, 3.63) is 10.0 Å². The van der Waals surface area contributed by atoms with Crippen molar-refractivity contribution < 1.29 is 4.74 Å². The van der Waals surface area contributed by atoms with Crippen molar-refractivity contribution in [3.63, 3.8) is 0 Å². The Bertz CT molecular complexity index is 289. The molecule has 0 aromatic carbocycles. The van der Waals surface area contributed by atoms with Gasteiger partial charge in [-0.15, -0.1) is 21.5 Å². The zero-order chi connectivity index (χ0) is 11.8. The van der Waals surface area contributed by atoms with Crippen LogP contribution in [0.5, 0.6) is 0 Å². The number of aryl methyl sites for hydroxylation is 1. The molecule has 1 aromatic heterocycles. The van der Waals surface area contributed by atoms with Crippen LogP contribution in [0.3, 0.4) is 0 Å². The molecule has 4 nitrogen and oxygen atoms in total. The van der Waals surface area contributed by atoms with E-state index in [1.165, 1.54) is 6.42 Å². The van der Waals surface area contributed by atoms with Gasteiger partial charge in [0.15, 0.2) is 0 Å². The number of aromatic nitrogens is 2. The summed E-state index contributed by atoms with van der Waals surface area (Å²) in [7, 11) is 1.71. The van der Waals surface area contributed by atoms with E-state index in [1.54, 1.807) is 18.4 Å². The second kappa shape index (κ2) is 7.70. The lowest BCUT2D eigenvalue weighted by Crippen LogP contribution is -2.18. The molecule has 0 aliphatic heterocycles. The van der Waals surface area contributed by atoms with Crippen LogP contribution < -0.4 is 5.32 Å². The first-order valence-electron chi connectivity index (χ1n) is 5.73. The highest BCUT2D eigenvalue weighted by molar-refractivity contribution is 7.11. The predicted octanol–water partition coefficient (Wildman–Crippen LogP) is 1.86. The number of rotatable bonds is 8. The molecule has 1 N–H and O–H groups in total. The molecule has 0 spiro atoms. The van der Waals surface area contributed by atoms with Crippen LogP contribution in [0.1, 0.15) is 30.3 Å². The molecule has 0 atom stereocenters. The summed E-state index contributed by atoms with van der Waals surface area (Å²) in [5, 5.41) is 13.8. The zero-order valence-electron chi connectivity index (χ0n) is 10.3. The van der Waals surface area contributed by atoms with Crippen molar-refractivity contribution in [3.8, 4) is 0 Å². The molecule has 1 aromatic rings. The van der Waals surface area contributed by atoms with Gasteiger partial charge in [-0.3, -0.25) is 0 Å². The van der Waals surface area contributed by atoms with Crippen molar-refractivity contribution in [2.45, 2.75) is 33.2 Å². The van der Waals surface area contributed by atoms with Crippen LogP contribution in [0, 0.1) is 5.92 Å². The van der Waals surface area contributed by atoms with Gasteiger partial charge in [0.2, 0.25) is 0 Å². The Morgan fingerprint density at radius 1 is 1.31 bits per heavy atom. The summed E-state index contributed by atoms with van der Waals surface area (Å²) < 4.78 is 4.95. The van der Waals surface area contributed by atoms with E-state index in [1.807, 2.05) is 0 Å². The normalized spacial score (nSPS) is 11.2. The van der Waals surface area contributed by atoms with Crippen LogP contribution in [0.15, 0.2) is 0 Å². The van der Waals surface area contributed by atoms with Crippen molar-refractivity contribution in [2.75, 3.05) is 20.3 Å². The molecule has 0 radical (unpaired) electrons. The van der Waals surface area contributed by atoms with Crippen LogP contribution in [0.4, 0.5) is 0 Å². The van der Waals surface area contributed by atoms with E-state index in [4.69, 9.17) is 4.74 Å². The van der Waals surface area contributed by atoms with Crippen LogP contribution in [0.25, 0.3) is 0 Å². The second-order valence-corrected chi connectivity index (χ2v) is 5.34. The monoisotopic (exact) mass is 243 g/mol. The van der Waals surface area contributed by atoms with Crippen LogP contribution in [-0.2, 0) is 17.7 Å². The third-order valence-corrected chi connectivity index (χ3v) is 3.19. The van der Waals surface area contributed by atoms with Gasteiger partial charge in [-0.2, -0.15) is 0 Å². The van der Waals surface area contributed by atoms with E-state index in [0.717, 1.165) is 42.1 Å². The first kappa shape index (κ1) is 13.5. The van der Waals surface area contributed by atoms with E-state index in [2.05, 4.69) is 29.4 Å². The van der Waals surface area contributed by atoms with Crippen LogP contribution in [0.2, 0.25) is 0 Å². The number of nitrogens with one attached hydrogen (secondary N) is 1. The van der Waals surface area contributed by atoms with Gasteiger partial charge < -0.3 is 10.1 Å². The lowest BCUT2D eigenvalue weighted by molar-refractivity contribution is 0.199. The lowest BCUT2D eigenvalue weighted by Gasteiger charge is -2.00. The predicted molar refractivity (Wildman–Crippen MR) is 66.7 cm³/mol. The fraction of sp³-hybridized carbons (Fsp3) is 0.818. The average Bonchev–Trinajstić information content (AvgIpc) is 2.70. The first-order chi connectivity index (χ1) is 7.72. The third kappa shape index (κ3) is 5.53. The molecule has 16 heavy (non-hydrogen) atoms. The summed E-state index contributed by atoms with van der Waals surface area (Å²) in [5.41, 5.74) is 0. The van der Waals surface area contributed by atoms with Crippen LogP contribution in [-0.4, -0.2) is 30.5 Å². The van der Waals surface area contributed by atoms with E-state index in [0.29, 0.717) is 0 Å². The topological polar surface area (TPSA) is 47.0 Å². The smallest absolute Gasteiger partial charge is 0.131 e. The highest BCUT2D eigenvalue weighted by Gasteiger charge is 2.04. The fourth-order valence-corrected chi connectivity index (χ4v) is 2.07. The van der Waals surface area contributed by atoms with Gasteiger partial charge >= 0.3 is 0 Å². The molecular weight excluding hydrogens is 222 g/mol. The van der Waals surface area contributed by atoms with Gasteiger partial charge in [0.25, 0.3) is 0 Å². The third-order valence-electron chi connectivity index (χ3n) is 2.20. The Balaban J connectivity index is 2.22. The molecule has 0 aliphatic rings. The summed E-state index contributed by atoms with van der Waals surface area (Å²) >= 11 is 1.71. The maximum absolute atomic E-state index is 4.95. The van der Waals surface area contributed by atoms with Gasteiger partial charge in [0, 0.05) is 26.6 Å². The summed E-state index contributed by atoms with van der Waals surface area (Å²) in [4.78, 5) is 0. The maximum atomic E-state index is 4.95. The summed E-state index contributed by atoms with van der Waals surface area (Å²) in [5.74, 6) is 0.729. The molecule has 0 saturated carbocycles. The summed E-state index contributed by atoms with van der Waals surface area (Å²) in [6, 6.07) is 0. The van der Waals surface area contributed by atoms with Gasteiger partial charge in [0.1, 0.15) is 10.0 Å². The Kier molecular flexibility index (Phi) is 6.52. The molecule has 0 fully saturated rings. The summed E-state index contributed by atoms with van der Waals surface area (Å²) in [6.45, 7) is 6.85. The molecule has 0 bridgehead atoms. The van der Waals surface area contributed by atoms with Crippen LogP contribution >= 0.6 is 11.3 Å². The molecule has 0 saturated heterocycles. The molecule has 0 amide bonds. The quantitative estimate of drug-likeness (QED) is 0.708. The number of hydrogen-bond acceptors (Lipinski definition) is 5. The van der Waals surface area contributed by atoms with Gasteiger partial charge in [0.05, 0.1) is 6.61 Å². The van der Waals surface area contributed by atoms with Gasteiger partial charge in [-0.1, -0.05) is 13.8 Å². The van der Waals surface area contributed by atoms with Crippen molar-refractivity contribution in [1.29, 1.82) is 0 Å². The molecule has 1 heterocycles. The molecule has 1 rings (SSSR count). The van der Waals surface area contributed by atoms with E-state index in [-0.39, 0.29) is 0 Å². The molecular formula is C11H21N3OS. The Labute approximate surface area is 101 Å². The SMILES string of the molecule is COCCNCc1nnc(CCC(C)C)s1. The van der Waals surface area contributed by atoms with E-state index >= 15 is 0 Å². The second-order valence-electron chi connectivity index (χ2n) is 4.19. The van der Waals surface area contributed by atoms with Crippen molar-refractivity contribution >= 4 is 11.3 Å². The largest absolute Gasteiger partial charge is 0.383 e. The van der Waals surface area contributed by atoms with Gasteiger partial charge in [-0.25, -0.2) is 0 Å². The standard InChI is InChI=1S/C11H21N3OS/c1-9(2)4-5-10-13-14-11(16-10)8-12-6-7-15-3/h9,12H,4-8H2,1-3H3. The fourth-order valence-electron chi connectivity index (χ4n) is 1.24. The minimum Gasteiger partial charge on any atom is -0.383 e. The minimum atomic E-state index is 0.729. The Morgan fingerprint density at radius 2 is 2.06 bits per heavy atom. The molecule has 92 valence electrons. The minimum absolute atomic E-state index is 0.729. The molecule has 5 heteroatoms. The average molecular weight is 243 g/mol. The highest BCUT2D eigenvalue weighted by Crippen LogP contribution is 2.13. The first-order valence-corrected chi connectivity index (χ1v) is 6.55. The molecule has 0 unspecified atom stereocenters. The number of ether oxygens (including phenoxy) is 1. The molecule has 0 aliphatic carbocycles. The summed E-state index contributed by atoms with van der Waals surface area (Å²) in [6.07, 6.45) is 2.24. The van der Waals surface area contributed by atoms with E-state index in [9.17, 15) is 0 Å². The van der Waals surface area contributed by atoms with Crippen molar-refractivity contribution in [2.24, 2.45) is 5.92 Å². The lowest BCUT2D eigenvalue weighted by atomic mass is 10.1. The Hall–Kier alpha value is -0.520. The number of hydrogen-bond donors (Lipinski definition) is 1. The number of nitrogens with zero attached hydrogens (tertiary/aromatic N) is 2. The zero-order valence-corrected chi connectivity index (χ0v) is 11.1. The maximum Gasteiger partial charge on any atom is 0.131 e.